The Balaban J connectivity index is 1.64. The predicted octanol–water partition coefficient (Wildman–Crippen LogP) is 1.92. The number of hydrogen-bond donors (Lipinski definition) is 0. The molecule has 118 valence electrons. The first-order valence-electron chi connectivity index (χ1n) is 7.84. The van der Waals surface area contributed by atoms with Crippen LogP contribution in [-0.4, -0.2) is 49.6 Å². The Morgan fingerprint density at radius 1 is 1.14 bits per heavy atom. The fourth-order valence-electron chi connectivity index (χ4n) is 3.01. The Bertz CT molecular complexity index is 566. The van der Waals surface area contributed by atoms with Crippen LogP contribution in [0.2, 0.25) is 0 Å². The van der Waals surface area contributed by atoms with Crippen LogP contribution in [0, 0.1) is 5.92 Å². The van der Waals surface area contributed by atoms with Crippen molar-refractivity contribution in [2.75, 3.05) is 31.6 Å². The van der Waals surface area contributed by atoms with Crippen LogP contribution in [0.5, 0.6) is 0 Å². The SMILES string of the molecule is COC(=O)c1ccc(N2CCN(C(=O)C3CC3)[C@@H](C)C2)cc1. The molecule has 1 aliphatic heterocycles. The van der Waals surface area contributed by atoms with E-state index in [1.165, 1.54) is 7.11 Å². The van der Waals surface area contributed by atoms with Crippen LogP contribution in [0.15, 0.2) is 24.3 Å². The van der Waals surface area contributed by atoms with E-state index >= 15 is 0 Å². The van der Waals surface area contributed by atoms with Gasteiger partial charge in [0, 0.05) is 37.3 Å². The van der Waals surface area contributed by atoms with Crippen LogP contribution >= 0.6 is 0 Å². The van der Waals surface area contributed by atoms with E-state index in [0.29, 0.717) is 11.5 Å². The quantitative estimate of drug-likeness (QED) is 0.801. The third-order valence-corrected chi connectivity index (χ3v) is 4.49. The van der Waals surface area contributed by atoms with Crippen molar-refractivity contribution in [1.29, 1.82) is 0 Å². The molecule has 0 N–H and O–H groups in total. The lowest BCUT2D eigenvalue weighted by molar-refractivity contribution is -0.134. The van der Waals surface area contributed by atoms with Gasteiger partial charge in [-0.2, -0.15) is 0 Å². The highest BCUT2D eigenvalue weighted by molar-refractivity contribution is 5.89. The summed E-state index contributed by atoms with van der Waals surface area (Å²) in [5.41, 5.74) is 1.64. The second-order valence-electron chi connectivity index (χ2n) is 6.14. The molecule has 1 heterocycles. The van der Waals surface area contributed by atoms with Crippen LogP contribution in [0.4, 0.5) is 5.69 Å². The third-order valence-electron chi connectivity index (χ3n) is 4.49. The van der Waals surface area contributed by atoms with Crippen LogP contribution in [0.25, 0.3) is 0 Å². The topological polar surface area (TPSA) is 49.9 Å². The average Bonchev–Trinajstić information content (AvgIpc) is 3.38. The first-order chi connectivity index (χ1) is 10.6. The zero-order valence-electron chi connectivity index (χ0n) is 13.1. The predicted molar refractivity (Wildman–Crippen MR) is 83.9 cm³/mol. The normalized spacial score (nSPS) is 21.6. The van der Waals surface area contributed by atoms with E-state index in [1.807, 2.05) is 17.0 Å². The van der Waals surface area contributed by atoms with Gasteiger partial charge >= 0.3 is 5.97 Å². The van der Waals surface area contributed by atoms with Crippen LogP contribution < -0.4 is 4.90 Å². The van der Waals surface area contributed by atoms with Crippen molar-refractivity contribution in [3.63, 3.8) is 0 Å². The minimum Gasteiger partial charge on any atom is -0.465 e. The Hall–Kier alpha value is -2.04. The summed E-state index contributed by atoms with van der Waals surface area (Å²) in [4.78, 5) is 28.0. The number of esters is 1. The zero-order chi connectivity index (χ0) is 15.7. The maximum Gasteiger partial charge on any atom is 0.337 e. The molecule has 1 atom stereocenters. The van der Waals surface area contributed by atoms with Gasteiger partial charge in [-0.05, 0) is 44.0 Å². The highest BCUT2D eigenvalue weighted by atomic mass is 16.5. The second-order valence-corrected chi connectivity index (χ2v) is 6.14. The Labute approximate surface area is 130 Å². The number of hydrogen-bond acceptors (Lipinski definition) is 4. The van der Waals surface area contributed by atoms with E-state index in [-0.39, 0.29) is 17.9 Å². The van der Waals surface area contributed by atoms with Gasteiger partial charge in [0.2, 0.25) is 5.91 Å². The Morgan fingerprint density at radius 2 is 1.82 bits per heavy atom. The molecule has 0 spiro atoms. The lowest BCUT2D eigenvalue weighted by atomic mass is 10.1. The van der Waals surface area contributed by atoms with Gasteiger partial charge in [0.25, 0.3) is 0 Å². The van der Waals surface area contributed by atoms with E-state index in [2.05, 4.69) is 11.8 Å². The summed E-state index contributed by atoms with van der Waals surface area (Å²) in [6.45, 7) is 4.54. The minimum absolute atomic E-state index is 0.224. The van der Waals surface area contributed by atoms with Crippen molar-refractivity contribution in [2.45, 2.75) is 25.8 Å². The summed E-state index contributed by atoms with van der Waals surface area (Å²) in [5, 5.41) is 0. The fraction of sp³-hybridized carbons (Fsp3) is 0.529. The number of amides is 1. The molecular formula is C17H22N2O3. The zero-order valence-corrected chi connectivity index (χ0v) is 13.1. The van der Waals surface area contributed by atoms with Gasteiger partial charge < -0.3 is 14.5 Å². The molecule has 5 nitrogen and oxygen atoms in total. The maximum absolute atomic E-state index is 12.2. The lowest BCUT2D eigenvalue weighted by Crippen LogP contribution is -2.54. The second kappa shape index (κ2) is 5.99. The van der Waals surface area contributed by atoms with Crippen LogP contribution in [0.1, 0.15) is 30.1 Å². The molecule has 3 rings (SSSR count). The van der Waals surface area contributed by atoms with E-state index in [0.717, 1.165) is 38.2 Å². The molecule has 1 saturated heterocycles. The summed E-state index contributed by atoms with van der Waals surface area (Å²) in [6.07, 6.45) is 2.11. The van der Waals surface area contributed by atoms with Gasteiger partial charge in [-0.1, -0.05) is 0 Å². The molecule has 1 aromatic rings. The number of carbonyl (C=O) groups is 2. The van der Waals surface area contributed by atoms with Gasteiger partial charge in [0.05, 0.1) is 12.7 Å². The highest BCUT2D eigenvalue weighted by Gasteiger charge is 2.37. The van der Waals surface area contributed by atoms with E-state index in [9.17, 15) is 9.59 Å². The van der Waals surface area contributed by atoms with Crippen molar-refractivity contribution in [3.05, 3.63) is 29.8 Å². The highest BCUT2D eigenvalue weighted by Crippen LogP contribution is 2.32. The van der Waals surface area contributed by atoms with Gasteiger partial charge in [0.1, 0.15) is 0 Å². The standard InChI is InChI=1S/C17H22N2O3/c1-12-11-18(9-10-19(12)16(20)13-3-4-13)15-7-5-14(6-8-15)17(21)22-2/h5-8,12-13H,3-4,9-11H2,1-2H3/t12-/m0/s1. The molecule has 2 fully saturated rings. The maximum atomic E-state index is 12.2. The summed E-state index contributed by atoms with van der Waals surface area (Å²) in [6, 6.07) is 7.68. The summed E-state index contributed by atoms with van der Waals surface area (Å²) >= 11 is 0. The fourth-order valence-corrected chi connectivity index (χ4v) is 3.01. The number of benzene rings is 1. The molecule has 1 saturated carbocycles. The first-order valence-corrected chi connectivity index (χ1v) is 7.84. The number of anilines is 1. The molecule has 0 bridgehead atoms. The Kier molecular flexibility index (Phi) is 4.05. The smallest absolute Gasteiger partial charge is 0.337 e. The molecule has 0 unspecified atom stereocenters. The molecule has 5 heteroatoms. The van der Waals surface area contributed by atoms with Crippen LogP contribution in [0.3, 0.4) is 0 Å². The van der Waals surface area contributed by atoms with Crippen molar-refractivity contribution >= 4 is 17.6 Å². The molecule has 1 amide bonds. The van der Waals surface area contributed by atoms with Gasteiger partial charge in [-0.15, -0.1) is 0 Å². The molecule has 2 aliphatic rings. The first kappa shape index (κ1) is 14.9. The number of ether oxygens (including phenoxy) is 1. The summed E-state index contributed by atoms with van der Waals surface area (Å²) < 4.78 is 4.71. The van der Waals surface area contributed by atoms with Crippen molar-refractivity contribution in [3.8, 4) is 0 Å². The lowest BCUT2D eigenvalue weighted by Gasteiger charge is -2.41. The van der Waals surface area contributed by atoms with E-state index in [1.54, 1.807) is 12.1 Å². The molecule has 1 aromatic carbocycles. The van der Waals surface area contributed by atoms with E-state index in [4.69, 9.17) is 4.74 Å². The minimum atomic E-state index is -0.320. The monoisotopic (exact) mass is 302 g/mol. The number of rotatable bonds is 3. The van der Waals surface area contributed by atoms with Gasteiger partial charge in [-0.3, -0.25) is 4.79 Å². The van der Waals surface area contributed by atoms with Gasteiger partial charge in [-0.25, -0.2) is 4.79 Å². The van der Waals surface area contributed by atoms with Crippen molar-refractivity contribution in [1.82, 2.24) is 4.90 Å². The Morgan fingerprint density at radius 3 is 2.36 bits per heavy atom. The van der Waals surface area contributed by atoms with Crippen LogP contribution in [-0.2, 0) is 9.53 Å². The van der Waals surface area contributed by atoms with Crippen molar-refractivity contribution in [2.24, 2.45) is 5.92 Å². The molecule has 1 aliphatic carbocycles. The summed E-state index contributed by atoms with van der Waals surface area (Å²) in [7, 11) is 1.38. The van der Waals surface area contributed by atoms with E-state index < -0.39 is 0 Å². The number of nitrogens with zero attached hydrogens (tertiary/aromatic N) is 2. The third kappa shape index (κ3) is 2.93. The number of piperazine rings is 1. The van der Waals surface area contributed by atoms with Gasteiger partial charge in [0.15, 0.2) is 0 Å². The molecule has 22 heavy (non-hydrogen) atoms. The largest absolute Gasteiger partial charge is 0.465 e. The summed E-state index contributed by atoms with van der Waals surface area (Å²) in [5.74, 6) is 0.293. The molecule has 0 aromatic heterocycles. The molecule has 0 radical (unpaired) electrons. The van der Waals surface area contributed by atoms with Crippen molar-refractivity contribution < 1.29 is 14.3 Å². The molecular weight excluding hydrogens is 280 g/mol. The average molecular weight is 302 g/mol. The number of methoxy groups -OCH3 is 1. The number of carbonyl (C=O) groups excluding carboxylic acids is 2.